The Labute approximate surface area is 119 Å². The van der Waals surface area contributed by atoms with Gasteiger partial charge in [0.1, 0.15) is 0 Å². The van der Waals surface area contributed by atoms with Gasteiger partial charge in [-0.15, -0.1) is 0 Å². The first-order valence-electron chi connectivity index (χ1n) is 6.97. The van der Waals surface area contributed by atoms with E-state index in [0.717, 1.165) is 30.6 Å². The number of hydrogen-bond acceptors (Lipinski definition) is 3. The molecule has 0 saturated carbocycles. The van der Waals surface area contributed by atoms with Gasteiger partial charge in [-0.3, -0.25) is 0 Å². The molecule has 1 aromatic carbocycles. The highest BCUT2D eigenvalue weighted by atomic mass is 16.5. The van der Waals surface area contributed by atoms with Gasteiger partial charge in [-0.05, 0) is 37.5 Å². The van der Waals surface area contributed by atoms with E-state index >= 15 is 0 Å². The quantitative estimate of drug-likeness (QED) is 0.892. The number of hydrogen-bond donors (Lipinski definition) is 2. The first-order chi connectivity index (χ1) is 9.60. The Kier molecular flexibility index (Phi) is 4.98. The molecule has 0 aliphatic carbocycles. The number of aliphatic hydroxyl groups excluding tert-OH is 1. The highest BCUT2D eigenvalue weighted by molar-refractivity contribution is 5.89. The van der Waals surface area contributed by atoms with Gasteiger partial charge in [-0.1, -0.05) is 12.1 Å². The minimum Gasteiger partial charge on any atom is -0.389 e. The van der Waals surface area contributed by atoms with E-state index in [2.05, 4.69) is 5.32 Å². The first-order valence-corrected chi connectivity index (χ1v) is 6.97. The number of likely N-dealkylation sites (tertiary alicyclic amines) is 1. The summed E-state index contributed by atoms with van der Waals surface area (Å²) in [4.78, 5) is 13.9. The summed E-state index contributed by atoms with van der Waals surface area (Å²) in [6.45, 7) is 3.11. The van der Waals surface area contributed by atoms with Crippen molar-refractivity contribution in [2.45, 2.75) is 32.0 Å². The van der Waals surface area contributed by atoms with Crippen LogP contribution in [0.1, 0.15) is 31.4 Å². The number of nitrogens with zero attached hydrogens (tertiary/aromatic N) is 1. The molecule has 0 aromatic heterocycles. The standard InChI is InChI=1S/C15H22N2O3/c1-11(18)12-5-7-13(8-6-12)16-15(19)17-9-3-4-14(10-17)20-2/h5-8,11,14,18H,3-4,9-10H2,1-2H3,(H,16,19). The Balaban J connectivity index is 1.93. The fourth-order valence-electron chi connectivity index (χ4n) is 2.36. The van der Waals surface area contributed by atoms with Gasteiger partial charge < -0.3 is 20.1 Å². The highest BCUT2D eigenvalue weighted by Crippen LogP contribution is 2.17. The van der Waals surface area contributed by atoms with E-state index in [1.165, 1.54) is 0 Å². The van der Waals surface area contributed by atoms with E-state index in [1.54, 1.807) is 31.1 Å². The van der Waals surface area contributed by atoms with Crippen LogP contribution in [-0.2, 0) is 4.74 Å². The smallest absolute Gasteiger partial charge is 0.321 e. The lowest BCUT2D eigenvalue weighted by molar-refractivity contribution is 0.0458. The molecule has 20 heavy (non-hydrogen) atoms. The fourth-order valence-corrected chi connectivity index (χ4v) is 2.36. The van der Waals surface area contributed by atoms with Gasteiger partial charge in [0.15, 0.2) is 0 Å². The van der Waals surface area contributed by atoms with Crippen LogP contribution >= 0.6 is 0 Å². The van der Waals surface area contributed by atoms with Gasteiger partial charge in [0.2, 0.25) is 0 Å². The number of carbonyl (C=O) groups is 1. The number of urea groups is 1. The summed E-state index contributed by atoms with van der Waals surface area (Å²) < 4.78 is 5.31. The highest BCUT2D eigenvalue weighted by Gasteiger charge is 2.23. The number of amides is 2. The number of nitrogens with one attached hydrogen (secondary N) is 1. The summed E-state index contributed by atoms with van der Waals surface area (Å²) in [5.74, 6) is 0. The number of rotatable bonds is 3. The minimum atomic E-state index is -0.496. The number of benzene rings is 1. The van der Waals surface area contributed by atoms with E-state index in [4.69, 9.17) is 4.74 Å². The maximum absolute atomic E-state index is 12.2. The zero-order valence-corrected chi connectivity index (χ0v) is 12.0. The van der Waals surface area contributed by atoms with Crippen LogP contribution in [0, 0.1) is 0 Å². The maximum Gasteiger partial charge on any atom is 0.321 e. The Bertz CT molecular complexity index is 445. The molecular formula is C15H22N2O3. The minimum absolute atomic E-state index is 0.100. The van der Waals surface area contributed by atoms with Crippen molar-refractivity contribution in [3.63, 3.8) is 0 Å². The van der Waals surface area contributed by atoms with Crippen LogP contribution in [-0.4, -0.2) is 42.3 Å². The molecule has 5 nitrogen and oxygen atoms in total. The van der Waals surface area contributed by atoms with E-state index < -0.39 is 6.10 Å². The van der Waals surface area contributed by atoms with Crippen LogP contribution in [0.4, 0.5) is 10.5 Å². The molecule has 2 unspecified atom stereocenters. The maximum atomic E-state index is 12.2. The van der Waals surface area contributed by atoms with Crippen LogP contribution in [0.25, 0.3) is 0 Å². The van der Waals surface area contributed by atoms with Crippen LogP contribution in [0.3, 0.4) is 0 Å². The molecule has 2 amide bonds. The van der Waals surface area contributed by atoms with Gasteiger partial charge in [0, 0.05) is 25.9 Å². The lowest BCUT2D eigenvalue weighted by atomic mass is 10.1. The Morgan fingerprint density at radius 3 is 2.75 bits per heavy atom. The summed E-state index contributed by atoms with van der Waals surface area (Å²) in [7, 11) is 1.68. The van der Waals surface area contributed by atoms with Crippen molar-refractivity contribution in [2.75, 3.05) is 25.5 Å². The van der Waals surface area contributed by atoms with Gasteiger partial charge in [0.05, 0.1) is 12.2 Å². The summed E-state index contributed by atoms with van der Waals surface area (Å²) in [6, 6.07) is 7.13. The van der Waals surface area contributed by atoms with Crippen LogP contribution < -0.4 is 5.32 Å². The van der Waals surface area contributed by atoms with Crippen molar-refractivity contribution in [3.8, 4) is 0 Å². The largest absolute Gasteiger partial charge is 0.389 e. The predicted molar refractivity (Wildman–Crippen MR) is 77.7 cm³/mol. The number of piperidine rings is 1. The monoisotopic (exact) mass is 278 g/mol. The molecule has 1 saturated heterocycles. The normalized spacial score (nSPS) is 20.6. The summed E-state index contributed by atoms with van der Waals surface area (Å²) >= 11 is 0. The number of ether oxygens (including phenoxy) is 1. The lowest BCUT2D eigenvalue weighted by Gasteiger charge is -2.31. The molecule has 2 rings (SSSR count). The molecule has 2 N–H and O–H groups in total. The summed E-state index contributed by atoms with van der Waals surface area (Å²) in [5, 5.41) is 12.3. The average Bonchev–Trinajstić information content (AvgIpc) is 2.47. The first kappa shape index (κ1) is 14.8. The van der Waals surface area contributed by atoms with Crippen molar-refractivity contribution in [1.29, 1.82) is 0 Å². The number of anilines is 1. The predicted octanol–water partition coefficient (Wildman–Crippen LogP) is 2.38. The van der Waals surface area contributed by atoms with Crippen molar-refractivity contribution >= 4 is 11.7 Å². The van der Waals surface area contributed by atoms with Crippen molar-refractivity contribution in [2.24, 2.45) is 0 Å². The van der Waals surface area contributed by atoms with Gasteiger partial charge >= 0.3 is 6.03 Å². The summed E-state index contributed by atoms with van der Waals surface area (Å²) in [5.41, 5.74) is 1.57. The van der Waals surface area contributed by atoms with E-state index in [0.29, 0.717) is 6.54 Å². The third-order valence-corrected chi connectivity index (χ3v) is 3.64. The SMILES string of the molecule is COC1CCCN(C(=O)Nc2ccc(C(C)O)cc2)C1. The van der Waals surface area contributed by atoms with Crippen molar-refractivity contribution in [3.05, 3.63) is 29.8 Å². The average molecular weight is 278 g/mol. The fraction of sp³-hybridized carbons (Fsp3) is 0.533. The number of carbonyl (C=O) groups excluding carboxylic acids is 1. The molecule has 1 aromatic rings. The third-order valence-electron chi connectivity index (χ3n) is 3.64. The molecule has 1 aliphatic heterocycles. The zero-order valence-electron chi connectivity index (χ0n) is 12.0. The molecule has 1 aliphatic rings. The van der Waals surface area contributed by atoms with E-state index in [9.17, 15) is 9.90 Å². The second kappa shape index (κ2) is 6.72. The summed E-state index contributed by atoms with van der Waals surface area (Å²) in [6.07, 6.45) is 1.60. The lowest BCUT2D eigenvalue weighted by Crippen LogP contribution is -2.44. The molecule has 1 fully saturated rings. The van der Waals surface area contributed by atoms with Crippen molar-refractivity contribution < 1.29 is 14.6 Å². The zero-order chi connectivity index (χ0) is 14.5. The Morgan fingerprint density at radius 2 is 2.15 bits per heavy atom. The van der Waals surface area contributed by atoms with Crippen molar-refractivity contribution in [1.82, 2.24) is 4.90 Å². The van der Waals surface area contributed by atoms with E-state index in [1.807, 2.05) is 12.1 Å². The molecule has 0 radical (unpaired) electrons. The molecule has 110 valence electrons. The molecular weight excluding hydrogens is 256 g/mol. The third kappa shape index (κ3) is 3.71. The van der Waals surface area contributed by atoms with Crippen LogP contribution in [0.2, 0.25) is 0 Å². The molecule has 2 atom stereocenters. The van der Waals surface area contributed by atoms with Gasteiger partial charge in [0.25, 0.3) is 0 Å². The topological polar surface area (TPSA) is 61.8 Å². The van der Waals surface area contributed by atoms with Gasteiger partial charge in [-0.25, -0.2) is 4.79 Å². The van der Waals surface area contributed by atoms with Crippen LogP contribution in [0.15, 0.2) is 24.3 Å². The van der Waals surface area contributed by atoms with E-state index in [-0.39, 0.29) is 12.1 Å². The second-order valence-corrected chi connectivity index (χ2v) is 5.17. The Hall–Kier alpha value is -1.59. The van der Waals surface area contributed by atoms with Crippen LogP contribution in [0.5, 0.6) is 0 Å². The Morgan fingerprint density at radius 1 is 1.45 bits per heavy atom. The molecule has 1 heterocycles. The van der Waals surface area contributed by atoms with Gasteiger partial charge in [-0.2, -0.15) is 0 Å². The number of aliphatic hydroxyl groups is 1. The molecule has 0 bridgehead atoms. The molecule has 5 heteroatoms. The second-order valence-electron chi connectivity index (χ2n) is 5.17. The molecule has 0 spiro atoms. The number of methoxy groups -OCH3 is 1.